The summed E-state index contributed by atoms with van der Waals surface area (Å²) in [7, 11) is 0. The first-order valence-corrected chi connectivity index (χ1v) is 6.26. The Morgan fingerprint density at radius 2 is 2.17 bits per heavy atom. The molecule has 0 aliphatic carbocycles. The highest BCUT2D eigenvalue weighted by Crippen LogP contribution is 2.22. The second kappa shape index (κ2) is 5.37. The van der Waals surface area contributed by atoms with Gasteiger partial charge in [0.15, 0.2) is 0 Å². The lowest BCUT2D eigenvalue weighted by molar-refractivity contribution is 0.0948. The minimum atomic E-state index is -0.589. The van der Waals surface area contributed by atoms with Gasteiger partial charge in [-0.1, -0.05) is 11.6 Å². The van der Waals surface area contributed by atoms with Crippen LogP contribution in [-0.4, -0.2) is 11.0 Å². The fourth-order valence-corrected chi connectivity index (χ4v) is 2.43. The highest BCUT2D eigenvalue weighted by atomic mass is 35.5. The monoisotopic (exact) mass is 285 g/mol. The van der Waals surface area contributed by atoms with E-state index in [4.69, 9.17) is 11.6 Å². The maximum absolute atomic E-state index is 12.8. The van der Waals surface area contributed by atoms with Gasteiger partial charge in [0.1, 0.15) is 11.6 Å². The van der Waals surface area contributed by atoms with E-state index in [1.807, 2.05) is 0 Å². The molecule has 94 valence electrons. The minimum Gasteiger partial charge on any atom is -0.507 e. The van der Waals surface area contributed by atoms with Crippen molar-refractivity contribution in [3.63, 3.8) is 0 Å². The van der Waals surface area contributed by atoms with Gasteiger partial charge in [0.2, 0.25) is 0 Å². The topological polar surface area (TPSA) is 49.3 Å². The van der Waals surface area contributed by atoms with Gasteiger partial charge in [-0.15, -0.1) is 11.3 Å². The van der Waals surface area contributed by atoms with E-state index >= 15 is 0 Å². The van der Waals surface area contributed by atoms with Crippen LogP contribution >= 0.6 is 22.9 Å². The smallest absolute Gasteiger partial charge is 0.255 e. The summed E-state index contributed by atoms with van der Waals surface area (Å²) in [6, 6.07) is 6.80. The van der Waals surface area contributed by atoms with Crippen molar-refractivity contribution in [1.29, 1.82) is 0 Å². The lowest BCUT2D eigenvalue weighted by Crippen LogP contribution is -2.22. The SMILES string of the molecule is O=C(NCc1ccc(Cl)s1)c1ccc(F)cc1O. The number of halogens is 2. The van der Waals surface area contributed by atoms with Crippen molar-refractivity contribution in [1.82, 2.24) is 5.32 Å². The summed E-state index contributed by atoms with van der Waals surface area (Å²) >= 11 is 7.12. The fourth-order valence-electron chi connectivity index (χ4n) is 1.41. The van der Waals surface area contributed by atoms with Gasteiger partial charge in [-0.25, -0.2) is 4.39 Å². The molecule has 0 fully saturated rings. The molecule has 0 unspecified atom stereocenters. The van der Waals surface area contributed by atoms with Gasteiger partial charge in [-0.05, 0) is 24.3 Å². The molecule has 3 nitrogen and oxygen atoms in total. The molecule has 0 bridgehead atoms. The van der Waals surface area contributed by atoms with Crippen LogP contribution in [0.1, 0.15) is 15.2 Å². The zero-order chi connectivity index (χ0) is 13.1. The van der Waals surface area contributed by atoms with Crippen LogP contribution in [0.5, 0.6) is 5.75 Å². The van der Waals surface area contributed by atoms with E-state index in [1.54, 1.807) is 12.1 Å². The molecule has 0 aliphatic rings. The van der Waals surface area contributed by atoms with Gasteiger partial charge >= 0.3 is 0 Å². The highest BCUT2D eigenvalue weighted by Gasteiger charge is 2.11. The Labute approximate surface area is 112 Å². The molecule has 6 heteroatoms. The zero-order valence-corrected chi connectivity index (χ0v) is 10.7. The lowest BCUT2D eigenvalue weighted by Gasteiger charge is -2.05. The summed E-state index contributed by atoms with van der Waals surface area (Å²) in [5.41, 5.74) is 0.0408. The number of phenols is 1. The molecule has 18 heavy (non-hydrogen) atoms. The number of phenolic OH excluding ortho intramolecular Hbond substituents is 1. The van der Waals surface area contributed by atoms with Crippen LogP contribution in [0.3, 0.4) is 0 Å². The molecular formula is C12H9ClFNO2S. The van der Waals surface area contributed by atoms with Crippen LogP contribution in [0.4, 0.5) is 4.39 Å². The van der Waals surface area contributed by atoms with Gasteiger partial charge in [-0.3, -0.25) is 4.79 Å². The largest absolute Gasteiger partial charge is 0.507 e. The van der Waals surface area contributed by atoms with Crippen molar-refractivity contribution in [2.75, 3.05) is 0 Å². The fraction of sp³-hybridized carbons (Fsp3) is 0.0833. The summed E-state index contributed by atoms with van der Waals surface area (Å²) in [5, 5.41) is 12.1. The van der Waals surface area contributed by atoms with Crippen LogP contribution in [0.25, 0.3) is 0 Å². The summed E-state index contributed by atoms with van der Waals surface area (Å²) in [6.45, 7) is 0.313. The molecule has 1 amide bonds. The Hall–Kier alpha value is -1.59. The second-order valence-electron chi connectivity index (χ2n) is 3.55. The van der Waals surface area contributed by atoms with Crippen LogP contribution < -0.4 is 5.32 Å². The molecule has 0 aliphatic heterocycles. The molecule has 1 aromatic carbocycles. The molecule has 0 saturated carbocycles. The normalized spacial score (nSPS) is 10.3. The number of rotatable bonds is 3. The Morgan fingerprint density at radius 1 is 1.39 bits per heavy atom. The number of benzene rings is 1. The third-order valence-electron chi connectivity index (χ3n) is 2.26. The Balaban J connectivity index is 2.03. The van der Waals surface area contributed by atoms with Gasteiger partial charge in [-0.2, -0.15) is 0 Å². The molecule has 1 heterocycles. The number of aromatic hydroxyl groups is 1. The third-order valence-corrected chi connectivity index (χ3v) is 3.49. The van der Waals surface area contributed by atoms with E-state index in [0.717, 1.165) is 17.0 Å². The van der Waals surface area contributed by atoms with E-state index in [2.05, 4.69) is 5.32 Å². The summed E-state index contributed by atoms with van der Waals surface area (Å²) in [6.07, 6.45) is 0. The predicted molar refractivity (Wildman–Crippen MR) is 68.6 cm³/mol. The highest BCUT2D eigenvalue weighted by molar-refractivity contribution is 7.16. The lowest BCUT2D eigenvalue weighted by atomic mass is 10.2. The predicted octanol–water partition coefficient (Wildman–Crippen LogP) is 3.18. The molecule has 0 radical (unpaired) electrons. The van der Waals surface area contributed by atoms with Gasteiger partial charge < -0.3 is 10.4 Å². The molecule has 1 aromatic heterocycles. The van der Waals surface area contributed by atoms with E-state index < -0.39 is 11.7 Å². The van der Waals surface area contributed by atoms with Crippen LogP contribution in [-0.2, 0) is 6.54 Å². The number of carbonyl (C=O) groups excluding carboxylic acids is 1. The maximum Gasteiger partial charge on any atom is 0.255 e. The summed E-state index contributed by atoms with van der Waals surface area (Å²) < 4.78 is 13.4. The van der Waals surface area contributed by atoms with Crippen molar-refractivity contribution in [2.45, 2.75) is 6.54 Å². The average Bonchev–Trinajstić information content (AvgIpc) is 2.72. The molecule has 0 saturated heterocycles. The first-order chi connectivity index (χ1) is 8.56. The van der Waals surface area contributed by atoms with Crippen molar-refractivity contribution < 1.29 is 14.3 Å². The molecule has 0 atom stereocenters. The first kappa shape index (κ1) is 12.9. The van der Waals surface area contributed by atoms with Crippen molar-refractivity contribution in [2.24, 2.45) is 0 Å². The molecular weight excluding hydrogens is 277 g/mol. The van der Waals surface area contributed by atoms with Gasteiger partial charge in [0.25, 0.3) is 5.91 Å². The standard InChI is InChI=1S/C12H9ClFNO2S/c13-11-4-2-8(18-11)6-15-12(17)9-3-1-7(14)5-10(9)16/h1-5,16H,6H2,(H,15,17). The quantitative estimate of drug-likeness (QED) is 0.910. The second-order valence-corrected chi connectivity index (χ2v) is 5.35. The third kappa shape index (κ3) is 3.00. The number of hydrogen-bond donors (Lipinski definition) is 2. The number of amides is 1. The molecule has 2 aromatic rings. The first-order valence-electron chi connectivity index (χ1n) is 5.07. The summed E-state index contributed by atoms with van der Waals surface area (Å²) in [4.78, 5) is 12.6. The Morgan fingerprint density at radius 3 is 2.78 bits per heavy atom. The minimum absolute atomic E-state index is 0.0408. The number of nitrogens with one attached hydrogen (secondary N) is 1. The van der Waals surface area contributed by atoms with E-state index in [-0.39, 0.29) is 11.3 Å². The van der Waals surface area contributed by atoms with Crippen molar-refractivity contribution in [3.05, 3.63) is 50.9 Å². The molecule has 2 N–H and O–H groups in total. The number of thiophene rings is 1. The van der Waals surface area contributed by atoms with Crippen LogP contribution in [0.15, 0.2) is 30.3 Å². The van der Waals surface area contributed by atoms with Gasteiger partial charge in [0.05, 0.1) is 16.4 Å². The van der Waals surface area contributed by atoms with Crippen LogP contribution in [0, 0.1) is 5.82 Å². The number of carbonyl (C=O) groups is 1. The maximum atomic E-state index is 12.8. The zero-order valence-electron chi connectivity index (χ0n) is 9.11. The van der Waals surface area contributed by atoms with Crippen molar-refractivity contribution in [3.8, 4) is 5.75 Å². The van der Waals surface area contributed by atoms with E-state index in [1.165, 1.54) is 17.4 Å². The Kier molecular flexibility index (Phi) is 3.84. The van der Waals surface area contributed by atoms with Crippen LogP contribution in [0.2, 0.25) is 4.34 Å². The molecule has 0 spiro atoms. The Bertz CT molecular complexity index is 585. The molecule has 2 rings (SSSR count). The number of hydrogen-bond acceptors (Lipinski definition) is 3. The van der Waals surface area contributed by atoms with Gasteiger partial charge in [0, 0.05) is 10.9 Å². The van der Waals surface area contributed by atoms with E-state index in [0.29, 0.717) is 10.9 Å². The average molecular weight is 286 g/mol. The summed E-state index contributed by atoms with van der Waals surface area (Å²) in [5.74, 6) is -1.43. The van der Waals surface area contributed by atoms with E-state index in [9.17, 15) is 14.3 Å². The van der Waals surface area contributed by atoms with Crippen molar-refractivity contribution >= 4 is 28.8 Å².